The first-order valence-corrected chi connectivity index (χ1v) is 6.57. The second-order valence-corrected chi connectivity index (χ2v) is 4.71. The summed E-state index contributed by atoms with van der Waals surface area (Å²) in [6.45, 7) is 8.73. The fraction of sp³-hybridized carbons (Fsp3) is 0.0588. The number of hydrogen-bond donors (Lipinski definition) is 2. The number of aliphatic imine (C=N–C) groups is 1. The van der Waals surface area contributed by atoms with Crippen LogP contribution in [0, 0.1) is 17.9 Å². The standard InChI is InChI=1S/C17H12N4O2/c1-10(19)21-17(23)16-14(22)8-7-13(20-2)15(16)12-5-3-11(9-18)4-6-12/h3-8,22H,1H3,(H2,19,21,23). The lowest BCUT2D eigenvalue weighted by atomic mass is 9.95. The molecule has 0 aliphatic heterocycles. The van der Waals surface area contributed by atoms with E-state index in [2.05, 4.69) is 9.84 Å². The van der Waals surface area contributed by atoms with Crippen LogP contribution < -0.4 is 5.73 Å². The first kappa shape index (κ1) is 15.7. The number of hydrogen-bond acceptors (Lipinski definition) is 3. The minimum Gasteiger partial charge on any atom is -0.507 e. The zero-order chi connectivity index (χ0) is 17.0. The van der Waals surface area contributed by atoms with Crippen molar-refractivity contribution in [3.63, 3.8) is 0 Å². The van der Waals surface area contributed by atoms with Crippen molar-refractivity contribution in [1.82, 2.24) is 0 Å². The first-order valence-electron chi connectivity index (χ1n) is 6.57. The lowest BCUT2D eigenvalue weighted by Crippen LogP contribution is -2.10. The lowest BCUT2D eigenvalue weighted by molar-refractivity contribution is 0.100. The quantitative estimate of drug-likeness (QED) is 0.505. The summed E-state index contributed by atoms with van der Waals surface area (Å²) < 4.78 is 0. The van der Waals surface area contributed by atoms with Crippen LogP contribution in [0.5, 0.6) is 5.75 Å². The van der Waals surface area contributed by atoms with Gasteiger partial charge in [-0.25, -0.2) is 4.85 Å². The van der Waals surface area contributed by atoms with E-state index in [-0.39, 0.29) is 28.4 Å². The topological polar surface area (TPSA) is 104 Å². The van der Waals surface area contributed by atoms with Crippen LogP contribution in [-0.4, -0.2) is 16.8 Å². The predicted octanol–water partition coefficient (Wildman–Crippen LogP) is 3.00. The van der Waals surface area contributed by atoms with E-state index in [1.165, 1.54) is 19.1 Å². The molecule has 112 valence electrons. The van der Waals surface area contributed by atoms with E-state index in [4.69, 9.17) is 17.6 Å². The summed E-state index contributed by atoms with van der Waals surface area (Å²) in [7, 11) is 0. The molecule has 0 saturated heterocycles. The molecule has 6 nitrogen and oxygen atoms in total. The number of aromatic hydroxyl groups is 1. The number of phenolic OH excluding ortho intramolecular Hbond substituents is 1. The Balaban J connectivity index is 2.76. The lowest BCUT2D eigenvalue weighted by Gasteiger charge is -2.11. The van der Waals surface area contributed by atoms with E-state index in [0.29, 0.717) is 11.1 Å². The van der Waals surface area contributed by atoms with Gasteiger partial charge in [-0.2, -0.15) is 10.3 Å². The van der Waals surface area contributed by atoms with Crippen molar-refractivity contribution in [2.75, 3.05) is 0 Å². The van der Waals surface area contributed by atoms with Crippen LogP contribution in [-0.2, 0) is 0 Å². The molecule has 6 heteroatoms. The zero-order valence-corrected chi connectivity index (χ0v) is 12.2. The van der Waals surface area contributed by atoms with Crippen molar-refractivity contribution in [2.45, 2.75) is 6.92 Å². The molecule has 2 aromatic rings. The predicted molar refractivity (Wildman–Crippen MR) is 86.1 cm³/mol. The molecule has 2 rings (SSSR count). The third-order valence-electron chi connectivity index (χ3n) is 3.08. The van der Waals surface area contributed by atoms with Crippen LogP contribution in [0.2, 0.25) is 0 Å². The first-order chi connectivity index (χ1) is 11.0. The van der Waals surface area contributed by atoms with E-state index < -0.39 is 5.91 Å². The Hall–Kier alpha value is -3.64. The van der Waals surface area contributed by atoms with Crippen molar-refractivity contribution >= 4 is 17.4 Å². The van der Waals surface area contributed by atoms with Gasteiger partial charge in [0.1, 0.15) is 11.6 Å². The maximum Gasteiger partial charge on any atom is 0.281 e. The molecule has 0 atom stereocenters. The molecular weight excluding hydrogens is 292 g/mol. The minimum atomic E-state index is -0.729. The molecule has 0 saturated carbocycles. The van der Waals surface area contributed by atoms with Gasteiger partial charge >= 0.3 is 0 Å². The molecule has 23 heavy (non-hydrogen) atoms. The van der Waals surface area contributed by atoms with Crippen LogP contribution in [0.4, 0.5) is 5.69 Å². The third-order valence-corrected chi connectivity index (χ3v) is 3.08. The summed E-state index contributed by atoms with van der Waals surface area (Å²) in [6, 6.07) is 11.0. The van der Waals surface area contributed by atoms with Crippen molar-refractivity contribution in [1.29, 1.82) is 5.26 Å². The molecule has 0 fully saturated rings. The molecule has 1 amide bonds. The number of rotatable bonds is 2. The molecule has 3 N–H and O–H groups in total. The van der Waals surface area contributed by atoms with Crippen LogP contribution in [0.1, 0.15) is 22.8 Å². The zero-order valence-electron chi connectivity index (χ0n) is 12.2. The van der Waals surface area contributed by atoms with Gasteiger partial charge in [-0.15, -0.1) is 0 Å². The second kappa shape index (κ2) is 6.42. The summed E-state index contributed by atoms with van der Waals surface area (Å²) in [5.41, 5.74) is 6.77. The van der Waals surface area contributed by atoms with Gasteiger partial charge in [0.15, 0.2) is 5.69 Å². The average molecular weight is 304 g/mol. The highest BCUT2D eigenvalue weighted by Crippen LogP contribution is 2.39. The van der Waals surface area contributed by atoms with E-state index >= 15 is 0 Å². The van der Waals surface area contributed by atoms with Gasteiger partial charge in [-0.1, -0.05) is 18.2 Å². The fourth-order valence-corrected chi connectivity index (χ4v) is 2.11. The van der Waals surface area contributed by atoms with Crippen molar-refractivity contribution in [3.8, 4) is 22.9 Å². The largest absolute Gasteiger partial charge is 0.507 e. The van der Waals surface area contributed by atoms with Crippen molar-refractivity contribution in [2.24, 2.45) is 10.7 Å². The summed E-state index contributed by atoms with van der Waals surface area (Å²) in [5, 5.41) is 18.9. The second-order valence-electron chi connectivity index (χ2n) is 4.71. The molecule has 0 aliphatic rings. The Labute approximate surface area is 132 Å². The summed E-state index contributed by atoms with van der Waals surface area (Å²) >= 11 is 0. The molecule has 0 spiro atoms. The monoisotopic (exact) mass is 304 g/mol. The molecular formula is C17H12N4O2. The number of carbonyl (C=O) groups is 1. The van der Waals surface area contributed by atoms with Gasteiger partial charge < -0.3 is 10.8 Å². The summed E-state index contributed by atoms with van der Waals surface area (Å²) in [6.07, 6.45) is 0. The highest BCUT2D eigenvalue weighted by molar-refractivity contribution is 6.10. The average Bonchev–Trinajstić information content (AvgIpc) is 2.53. The fourth-order valence-electron chi connectivity index (χ4n) is 2.11. The van der Waals surface area contributed by atoms with Crippen LogP contribution in [0.15, 0.2) is 41.4 Å². The Bertz CT molecular complexity index is 881. The number of nitrogens with zero attached hydrogens (tertiary/aromatic N) is 3. The van der Waals surface area contributed by atoms with E-state index in [1.807, 2.05) is 6.07 Å². The normalized spacial score (nSPS) is 10.7. The Morgan fingerprint density at radius 1 is 1.30 bits per heavy atom. The molecule has 2 aromatic carbocycles. The summed E-state index contributed by atoms with van der Waals surface area (Å²) in [5.74, 6) is -0.965. The van der Waals surface area contributed by atoms with E-state index in [0.717, 1.165) is 0 Å². The number of nitriles is 1. The van der Waals surface area contributed by atoms with Gasteiger partial charge in [0.25, 0.3) is 5.91 Å². The maximum atomic E-state index is 12.3. The molecule has 0 bridgehead atoms. The number of carbonyl (C=O) groups excluding carboxylic acids is 1. The van der Waals surface area contributed by atoms with Crippen molar-refractivity contribution in [3.05, 3.63) is 58.9 Å². The highest BCUT2D eigenvalue weighted by atomic mass is 16.3. The van der Waals surface area contributed by atoms with Gasteiger partial charge in [0, 0.05) is 5.56 Å². The van der Waals surface area contributed by atoms with Gasteiger partial charge in [-0.3, -0.25) is 4.79 Å². The smallest absolute Gasteiger partial charge is 0.281 e. The van der Waals surface area contributed by atoms with Gasteiger partial charge in [0.05, 0.1) is 23.8 Å². The molecule has 0 aromatic heterocycles. The van der Waals surface area contributed by atoms with Crippen LogP contribution in [0.3, 0.4) is 0 Å². The summed E-state index contributed by atoms with van der Waals surface area (Å²) in [4.78, 5) is 19.3. The highest BCUT2D eigenvalue weighted by Gasteiger charge is 2.21. The van der Waals surface area contributed by atoms with E-state index in [1.54, 1.807) is 24.3 Å². The number of nitrogens with two attached hydrogens (primary N) is 1. The molecule has 0 unspecified atom stereocenters. The van der Waals surface area contributed by atoms with Crippen LogP contribution in [0.25, 0.3) is 16.0 Å². The molecule has 0 heterocycles. The maximum absolute atomic E-state index is 12.3. The number of amides is 1. The molecule has 0 aliphatic carbocycles. The number of phenols is 1. The third kappa shape index (κ3) is 3.17. The van der Waals surface area contributed by atoms with Crippen molar-refractivity contribution < 1.29 is 9.90 Å². The minimum absolute atomic E-state index is 0.0494. The van der Waals surface area contributed by atoms with E-state index in [9.17, 15) is 9.90 Å². The number of benzene rings is 2. The Kier molecular flexibility index (Phi) is 4.39. The van der Waals surface area contributed by atoms with Gasteiger partial charge in [-0.05, 0) is 30.7 Å². The molecule has 0 radical (unpaired) electrons. The van der Waals surface area contributed by atoms with Crippen LogP contribution >= 0.6 is 0 Å². The Morgan fingerprint density at radius 3 is 2.48 bits per heavy atom. The SMILES string of the molecule is [C-]#[N+]c1ccc(O)c(C(=O)N=C(C)N)c1-c1ccc(C#N)cc1. The number of amidine groups is 1. The Morgan fingerprint density at radius 2 is 1.96 bits per heavy atom. The van der Waals surface area contributed by atoms with Gasteiger partial charge in [0.2, 0.25) is 0 Å².